The van der Waals surface area contributed by atoms with Gasteiger partial charge in [0.15, 0.2) is 0 Å². The summed E-state index contributed by atoms with van der Waals surface area (Å²) in [4.78, 5) is 48.2. The Morgan fingerprint density at radius 3 is 2.61 bits per heavy atom. The Morgan fingerprint density at radius 2 is 2.04 bits per heavy atom. The number of hydrogen-bond donors (Lipinski definition) is 3. The molecule has 8 nitrogen and oxygen atoms in total. The van der Waals surface area contributed by atoms with E-state index in [9.17, 15) is 29.4 Å². The van der Waals surface area contributed by atoms with Crippen molar-refractivity contribution in [3.8, 4) is 0 Å². The summed E-state index contributed by atoms with van der Waals surface area (Å²) < 4.78 is 0. The molecule has 0 spiro atoms. The molecule has 2 amide bonds. The van der Waals surface area contributed by atoms with Crippen LogP contribution in [0.5, 0.6) is 0 Å². The smallest absolute Gasteiger partial charge is 0.326 e. The summed E-state index contributed by atoms with van der Waals surface area (Å²) in [7, 11) is 0. The number of aliphatic hydroxyl groups is 1. The number of nitrogens with zero attached hydrogens (tertiary/aromatic N) is 1. The van der Waals surface area contributed by atoms with Crippen LogP contribution in [0.2, 0.25) is 0 Å². The van der Waals surface area contributed by atoms with Crippen molar-refractivity contribution in [2.75, 3.05) is 6.54 Å². The molecule has 0 bridgehead atoms. The number of nitrogens with one attached hydrogen (secondary N) is 1. The fraction of sp³-hybridized carbons (Fsp3) is 0.733. The molecule has 0 unspecified atom stereocenters. The van der Waals surface area contributed by atoms with Crippen LogP contribution in [0, 0.1) is 5.92 Å². The third-order valence-corrected chi connectivity index (χ3v) is 4.54. The summed E-state index contributed by atoms with van der Waals surface area (Å²) in [6.45, 7) is 1.36. The van der Waals surface area contributed by atoms with Crippen LogP contribution in [0.4, 0.5) is 0 Å². The van der Waals surface area contributed by atoms with E-state index in [1.807, 2.05) is 0 Å². The number of hydrogen-bond acceptors (Lipinski definition) is 5. The number of likely N-dealkylation sites (tertiary alicyclic amines) is 1. The SMILES string of the molecule is CC(=O)N1C[C@H](O)C[C@H]1C(=O)N[C@@H](C(=O)O)[C@H]1CCCC(=O)C1. The lowest BCUT2D eigenvalue weighted by Crippen LogP contribution is -2.53. The number of β-amino-alcohol motifs (C(OH)–C–C–N with tert-alkyl or cyclic N) is 1. The predicted octanol–water partition coefficient (Wildman–Crippen LogP) is -0.703. The fourth-order valence-electron chi connectivity index (χ4n) is 3.38. The fourth-order valence-corrected chi connectivity index (χ4v) is 3.38. The number of carboxylic acid groups (broad SMARTS) is 1. The number of aliphatic carboxylic acids is 1. The van der Waals surface area contributed by atoms with Crippen molar-refractivity contribution in [1.82, 2.24) is 10.2 Å². The number of carboxylic acids is 1. The molecule has 0 aromatic carbocycles. The lowest BCUT2D eigenvalue weighted by Gasteiger charge is -2.29. The lowest BCUT2D eigenvalue weighted by molar-refractivity contribution is -0.145. The van der Waals surface area contributed by atoms with Crippen LogP contribution in [0.3, 0.4) is 0 Å². The number of carbonyl (C=O) groups is 4. The second-order valence-electron chi connectivity index (χ2n) is 6.30. The Balaban J connectivity index is 2.07. The first-order valence-corrected chi connectivity index (χ1v) is 7.79. The van der Waals surface area contributed by atoms with Crippen molar-refractivity contribution in [2.45, 2.75) is 57.2 Å². The topological polar surface area (TPSA) is 124 Å². The molecule has 8 heteroatoms. The maximum atomic E-state index is 12.4. The molecular formula is C15H22N2O6. The van der Waals surface area contributed by atoms with Gasteiger partial charge in [-0.25, -0.2) is 4.79 Å². The van der Waals surface area contributed by atoms with E-state index in [0.717, 1.165) is 0 Å². The highest BCUT2D eigenvalue weighted by atomic mass is 16.4. The van der Waals surface area contributed by atoms with Crippen LogP contribution in [0.15, 0.2) is 0 Å². The van der Waals surface area contributed by atoms with E-state index in [2.05, 4.69) is 5.32 Å². The molecule has 4 atom stereocenters. The predicted molar refractivity (Wildman–Crippen MR) is 78.3 cm³/mol. The van der Waals surface area contributed by atoms with E-state index in [1.54, 1.807) is 0 Å². The van der Waals surface area contributed by atoms with Gasteiger partial charge < -0.3 is 20.4 Å². The molecule has 0 aromatic heterocycles. The molecule has 0 radical (unpaired) electrons. The quantitative estimate of drug-likeness (QED) is 0.627. The molecule has 0 aromatic rings. The Labute approximate surface area is 133 Å². The van der Waals surface area contributed by atoms with Crippen molar-refractivity contribution >= 4 is 23.6 Å². The van der Waals surface area contributed by atoms with Gasteiger partial charge in [0.25, 0.3) is 0 Å². The molecule has 1 saturated carbocycles. The second kappa shape index (κ2) is 7.08. The largest absolute Gasteiger partial charge is 0.480 e. The summed E-state index contributed by atoms with van der Waals surface area (Å²) in [6, 6.07) is -2.03. The van der Waals surface area contributed by atoms with Crippen LogP contribution in [-0.2, 0) is 19.2 Å². The van der Waals surface area contributed by atoms with Crippen LogP contribution < -0.4 is 5.32 Å². The molecule has 128 valence electrons. The van der Waals surface area contributed by atoms with Gasteiger partial charge >= 0.3 is 5.97 Å². The number of amides is 2. The van der Waals surface area contributed by atoms with Gasteiger partial charge in [0.1, 0.15) is 17.9 Å². The van der Waals surface area contributed by atoms with E-state index in [1.165, 1.54) is 11.8 Å². The molecule has 1 heterocycles. The average Bonchev–Trinajstić information content (AvgIpc) is 2.86. The van der Waals surface area contributed by atoms with E-state index in [4.69, 9.17) is 0 Å². The van der Waals surface area contributed by atoms with Gasteiger partial charge in [-0.15, -0.1) is 0 Å². The minimum atomic E-state index is -1.19. The van der Waals surface area contributed by atoms with Crippen molar-refractivity contribution in [3.63, 3.8) is 0 Å². The first-order chi connectivity index (χ1) is 10.8. The number of Topliss-reactive ketones (excluding diaryl/α,β-unsaturated/α-hetero) is 1. The minimum absolute atomic E-state index is 0.00315. The molecule has 2 rings (SSSR count). The molecule has 2 aliphatic rings. The minimum Gasteiger partial charge on any atom is -0.480 e. The van der Waals surface area contributed by atoms with E-state index >= 15 is 0 Å². The number of aliphatic hydroxyl groups excluding tert-OH is 1. The summed E-state index contributed by atoms with van der Waals surface area (Å²) >= 11 is 0. The van der Waals surface area contributed by atoms with Crippen LogP contribution in [0.1, 0.15) is 39.0 Å². The molecule has 2 fully saturated rings. The van der Waals surface area contributed by atoms with Crippen LogP contribution in [0.25, 0.3) is 0 Å². The zero-order valence-electron chi connectivity index (χ0n) is 13.0. The van der Waals surface area contributed by atoms with E-state index in [0.29, 0.717) is 19.3 Å². The molecule has 23 heavy (non-hydrogen) atoms. The van der Waals surface area contributed by atoms with Gasteiger partial charge in [0.05, 0.1) is 6.10 Å². The second-order valence-corrected chi connectivity index (χ2v) is 6.30. The molecule has 1 aliphatic heterocycles. The molecular weight excluding hydrogens is 304 g/mol. The lowest BCUT2D eigenvalue weighted by atomic mass is 9.83. The van der Waals surface area contributed by atoms with Crippen LogP contribution >= 0.6 is 0 Å². The zero-order valence-corrected chi connectivity index (χ0v) is 13.0. The molecule has 3 N–H and O–H groups in total. The molecule has 1 aliphatic carbocycles. The standard InChI is InChI=1S/C15H22N2O6/c1-8(18)17-7-11(20)6-12(17)14(21)16-13(15(22)23)9-3-2-4-10(19)5-9/h9,11-13,20H,2-7H2,1H3,(H,16,21)(H,22,23)/t9-,11+,12-,13+/m0/s1. The number of rotatable bonds is 4. The average molecular weight is 326 g/mol. The Hall–Kier alpha value is -1.96. The van der Waals surface area contributed by atoms with Gasteiger partial charge in [-0.05, 0) is 18.8 Å². The Bertz CT molecular complexity index is 520. The Morgan fingerprint density at radius 1 is 1.35 bits per heavy atom. The van der Waals surface area contributed by atoms with Crippen molar-refractivity contribution in [3.05, 3.63) is 0 Å². The first kappa shape index (κ1) is 17.4. The highest BCUT2D eigenvalue weighted by Crippen LogP contribution is 2.25. The van der Waals surface area contributed by atoms with Gasteiger partial charge in [0.2, 0.25) is 11.8 Å². The van der Waals surface area contributed by atoms with E-state index < -0.39 is 36.0 Å². The summed E-state index contributed by atoms with van der Waals surface area (Å²) in [5, 5.41) is 21.5. The van der Waals surface area contributed by atoms with Crippen molar-refractivity contribution < 1.29 is 29.4 Å². The van der Waals surface area contributed by atoms with Crippen molar-refractivity contribution in [2.24, 2.45) is 5.92 Å². The normalized spacial score (nSPS) is 29.2. The van der Waals surface area contributed by atoms with Gasteiger partial charge in [-0.3, -0.25) is 14.4 Å². The summed E-state index contributed by atoms with van der Waals surface area (Å²) in [5.41, 5.74) is 0. The zero-order chi connectivity index (χ0) is 17.1. The highest BCUT2D eigenvalue weighted by Gasteiger charge is 2.40. The summed E-state index contributed by atoms with van der Waals surface area (Å²) in [5.74, 6) is -2.56. The third-order valence-electron chi connectivity index (χ3n) is 4.54. The van der Waals surface area contributed by atoms with Crippen molar-refractivity contribution in [1.29, 1.82) is 0 Å². The maximum Gasteiger partial charge on any atom is 0.326 e. The monoisotopic (exact) mass is 326 g/mol. The van der Waals surface area contributed by atoms with Gasteiger partial charge in [0, 0.05) is 32.7 Å². The van der Waals surface area contributed by atoms with Gasteiger partial charge in [-0.1, -0.05) is 0 Å². The highest BCUT2D eigenvalue weighted by molar-refractivity contribution is 5.91. The molecule has 1 saturated heterocycles. The maximum absolute atomic E-state index is 12.4. The number of carbonyl (C=O) groups excluding carboxylic acids is 3. The third kappa shape index (κ3) is 4.07. The van der Waals surface area contributed by atoms with Crippen LogP contribution in [-0.4, -0.2) is 63.4 Å². The van der Waals surface area contributed by atoms with Gasteiger partial charge in [-0.2, -0.15) is 0 Å². The number of ketones is 1. The van der Waals surface area contributed by atoms with E-state index in [-0.39, 0.29) is 31.1 Å². The Kier molecular flexibility index (Phi) is 5.35. The first-order valence-electron chi connectivity index (χ1n) is 7.79. The summed E-state index contributed by atoms with van der Waals surface area (Å²) in [6.07, 6.45) is 1.05.